The number of carbonyl (C=O) groups is 2. The fourth-order valence-corrected chi connectivity index (χ4v) is 3.38. The van der Waals surface area contributed by atoms with Gasteiger partial charge in [-0.1, -0.05) is 12.1 Å². The van der Waals surface area contributed by atoms with E-state index in [1.54, 1.807) is 24.2 Å². The van der Waals surface area contributed by atoms with Crippen LogP contribution in [0, 0.1) is 0 Å². The lowest BCUT2D eigenvalue weighted by Gasteiger charge is -2.19. The Bertz CT molecular complexity index is 1150. The molecule has 0 unspecified atom stereocenters. The highest BCUT2D eigenvalue weighted by Crippen LogP contribution is 2.24. The second-order valence-corrected chi connectivity index (χ2v) is 7.66. The van der Waals surface area contributed by atoms with Crippen molar-refractivity contribution in [3.63, 3.8) is 0 Å². The van der Waals surface area contributed by atoms with Crippen LogP contribution in [-0.4, -0.2) is 48.3 Å². The highest BCUT2D eigenvalue weighted by molar-refractivity contribution is 6.05. The van der Waals surface area contributed by atoms with Gasteiger partial charge in [0, 0.05) is 30.6 Å². The van der Waals surface area contributed by atoms with Crippen LogP contribution < -0.4 is 15.0 Å². The number of aromatic nitrogens is 1. The first-order valence-electron chi connectivity index (χ1n) is 10.7. The van der Waals surface area contributed by atoms with Crippen LogP contribution in [0.25, 0.3) is 0 Å². The standard InChI is InChI=1S/C23H23N3O2.C2HF3O2/c1-26(20-7-9-21(10-8-20)28-22-4-2-3-13-25-22)23(27)19-6-5-17-11-14-24-15-12-18(17)16-19;3-2(4,5)1(6)7/h2-10,13,16,24H,11-12,14-15H2,1H3;(H,6,7). The van der Waals surface area contributed by atoms with Crippen molar-refractivity contribution >= 4 is 17.6 Å². The Morgan fingerprint density at radius 3 is 2.26 bits per heavy atom. The van der Waals surface area contributed by atoms with Crippen molar-refractivity contribution in [1.29, 1.82) is 0 Å². The minimum absolute atomic E-state index is 0.0154. The van der Waals surface area contributed by atoms with E-state index in [4.69, 9.17) is 14.6 Å². The molecule has 1 amide bonds. The van der Waals surface area contributed by atoms with Gasteiger partial charge in [0.15, 0.2) is 0 Å². The van der Waals surface area contributed by atoms with Crippen molar-refractivity contribution in [2.24, 2.45) is 0 Å². The number of hydrogen-bond acceptors (Lipinski definition) is 5. The van der Waals surface area contributed by atoms with Gasteiger partial charge in [-0.25, -0.2) is 9.78 Å². The van der Waals surface area contributed by atoms with Crippen molar-refractivity contribution in [1.82, 2.24) is 10.3 Å². The average Bonchev–Trinajstić information content (AvgIpc) is 3.09. The third-order valence-corrected chi connectivity index (χ3v) is 5.23. The maximum Gasteiger partial charge on any atom is 0.490 e. The molecule has 0 saturated carbocycles. The number of benzene rings is 2. The number of anilines is 1. The van der Waals surface area contributed by atoms with E-state index in [0.717, 1.165) is 37.2 Å². The zero-order valence-electron chi connectivity index (χ0n) is 18.9. The lowest BCUT2D eigenvalue weighted by Crippen LogP contribution is -2.26. The summed E-state index contributed by atoms with van der Waals surface area (Å²) in [4.78, 5) is 27.7. The number of fused-ring (bicyclic) bond motifs is 1. The number of carboxylic acids is 1. The van der Waals surface area contributed by atoms with Gasteiger partial charge in [0.2, 0.25) is 5.88 Å². The maximum atomic E-state index is 13.0. The molecule has 0 atom stereocenters. The molecule has 3 aromatic rings. The van der Waals surface area contributed by atoms with Crippen molar-refractivity contribution in [3.05, 3.63) is 83.6 Å². The van der Waals surface area contributed by atoms with Gasteiger partial charge in [0.25, 0.3) is 5.91 Å². The molecule has 2 N–H and O–H groups in total. The number of amides is 1. The van der Waals surface area contributed by atoms with Crippen LogP contribution in [-0.2, 0) is 17.6 Å². The Balaban J connectivity index is 0.000000429. The van der Waals surface area contributed by atoms with Gasteiger partial charge in [0.05, 0.1) is 0 Å². The number of carboxylic acid groups (broad SMARTS) is 1. The van der Waals surface area contributed by atoms with E-state index < -0.39 is 12.1 Å². The number of nitrogens with zero attached hydrogens (tertiary/aromatic N) is 2. The Kier molecular flexibility index (Phi) is 8.43. The van der Waals surface area contributed by atoms with Crippen LogP contribution in [0.3, 0.4) is 0 Å². The molecule has 0 radical (unpaired) electrons. The highest BCUT2D eigenvalue weighted by atomic mass is 19.4. The molecule has 1 aliphatic rings. The fourth-order valence-electron chi connectivity index (χ4n) is 3.38. The summed E-state index contributed by atoms with van der Waals surface area (Å²) in [6.45, 7) is 1.95. The number of ether oxygens (including phenoxy) is 1. The molecule has 35 heavy (non-hydrogen) atoms. The summed E-state index contributed by atoms with van der Waals surface area (Å²) in [5.74, 6) is -1.55. The Hall–Kier alpha value is -3.92. The molecule has 10 heteroatoms. The fraction of sp³-hybridized carbons (Fsp3) is 0.240. The zero-order chi connectivity index (χ0) is 25.4. The van der Waals surface area contributed by atoms with Crippen molar-refractivity contribution in [2.75, 3.05) is 25.0 Å². The minimum atomic E-state index is -5.08. The summed E-state index contributed by atoms with van der Waals surface area (Å²) < 4.78 is 37.4. The number of carbonyl (C=O) groups excluding carboxylic acids is 1. The summed E-state index contributed by atoms with van der Waals surface area (Å²) in [5.41, 5.74) is 4.13. The third kappa shape index (κ3) is 7.28. The molecule has 7 nitrogen and oxygen atoms in total. The van der Waals surface area contributed by atoms with Crippen LogP contribution in [0.15, 0.2) is 66.9 Å². The first-order valence-corrected chi connectivity index (χ1v) is 10.7. The largest absolute Gasteiger partial charge is 0.490 e. The molecule has 1 aliphatic heterocycles. The number of hydrogen-bond donors (Lipinski definition) is 2. The summed E-state index contributed by atoms with van der Waals surface area (Å²) in [5, 5.41) is 10.5. The summed E-state index contributed by atoms with van der Waals surface area (Å²) in [6, 6.07) is 19.0. The van der Waals surface area contributed by atoms with Crippen LogP contribution >= 0.6 is 0 Å². The lowest BCUT2D eigenvalue weighted by molar-refractivity contribution is -0.192. The Morgan fingerprint density at radius 2 is 1.66 bits per heavy atom. The highest BCUT2D eigenvalue weighted by Gasteiger charge is 2.38. The van der Waals surface area contributed by atoms with Crippen LogP contribution in [0.1, 0.15) is 21.5 Å². The van der Waals surface area contributed by atoms with E-state index in [1.807, 2.05) is 48.5 Å². The van der Waals surface area contributed by atoms with E-state index in [0.29, 0.717) is 11.6 Å². The molecule has 2 heterocycles. The predicted molar refractivity (Wildman–Crippen MR) is 124 cm³/mol. The quantitative estimate of drug-likeness (QED) is 0.564. The first-order chi connectivity index (χ1) is 16.6. The molecule has 0 saturated heterocycles. The molecule has 2 aromatic carbocycles. The monoisotopic (exact) mass is 487 g/mol. The van der Waals surface area contributed by atoms with Gasteiger partial charge >= 0.3 is 12.1 Å². The Labute approximate surface area is 200 Å². The number of pyridine rings is 1. The zero-order valence-corrected chi connectivity index (χ0v) is 18.9. The van der Waals surface area contributed by atoms with Crippen molar-refractivity contribution in [2.45, 2.75) is 19.0 Å². The lowest BCUT2D eigenvalue weighted by atomic mass is 9.99. The SMILES string of the molecule is CN(C(=O)c1ccc2c(c1)CCNCC2)c1ccc(Oc2ccccn2)cc1.O=C(O)C(F)(F)F. The molecule has 0 spiro atoms. The van der Waals surface area contributed by atoms with Gasteiger partial charge in [-0.3, -0.25) is 4.79 Å². The Morgan fingerprint density at radius 1 is 1.00 bits per heavy atom. The van der Waals surface area contributed by atoms with E-state index in [2.05, 4.69) is 16.4 Å². The first kappa shape index (κ1) is 25.7. The predicted octanol–water partition coefficient (Wildman–Crippen LogP) is 4.47. The minimum Gasteiger partial charge on any atom is -0.475 e. The van der Waals surface area contributed by atoms with Gasteiger partial charge in [0.1, 0.15) is 5.75 Å². The summed E-state index contributed by atoms with van der Waals surface area (Å²) in [6.07, 6.45) is -1.43. The summed E-state index contributed by atoms with van der Waals surface area (Å²) >= 11 is 0. The van der Waals surface area contributed by atoms with E-state index >= 15 is 0 Å². The average molecular weight is 487 g/mol. The van der Waals surface area contributed by atoms with E-state index in [-0.39, 0.29) is 5.91 Å². The molecule has 0 bridgehead atoms. The topological polar surface area (TPSA) is 91.8 Å². The van der Waals surface area contributed by atoms with Crippen molar-refractivity contribution in [3.8, 4) is 11.6 Å². The maximum absolute atomic E-state index is 13.0. The number of alkyl halides is 3. The van der Waals surface area contributed by atoms with Gasteiger partial charge in [-0.2, -0.15) is 13.2 Å². The molecule has 184 valence electrons. The van der Waals surface area contributed by atoms with E-state index in [9.17, 15) is 18.0 Å². The van der Waals surface area contributed by atoms with Gasteiger partial charge < -0.3 is 20.1 Å². The molecular formula is C25H24F3N3O4. The van der Waals surface area contributed by atoms with Gasteiger partial charge in [-0.05, 0) is 79.5 Å². The second kappa shape index (κ2) is 11.5. The third-order valence-electron chi connectivity index (χ3n) is 5.23. The summed E-state index contributed by atoms with van der Waals surface area (Å²) in [7, 11) is 1.80. The molecular weight excluding hydrogens is 463 g/mol. The number of halogens is 3. The normalized spacial score (nSPS) is 12.9. The number of rotatable bonds is 4. The smallest absolute Gasteiger partial charge is 0.475 e. The molecule has 0 aliphatic carbocycles. The molecule has 0 fully saturated rings. The van der Waals surface area contributed by atoms with Gasteiger partial charge in [-0.15, -0.1) is 0 Å². The van der Waals surface area contributed by atoms with Crippen molar-refractivity contribution < 1.29 is 32.6 Å². The number of aliphatic carboxylic acids is 1. The molecule has 4 rings (SSSR count). The van der Waals surface area contributed by atoms with E-state index in [1.165, 1.54) is 11.1 Å². The second-order valence-electron chi connectivity index (χ2n) is 7.66. The van der Waals surface area contributed by atoms with Crippen LogP contribution in [0.4, 0.5) is 18.9 Å². The number of nitrogens with one attached hydrogen (secondary N) is 1. The van der Waals surface area contributed by atoms with Crippen LogP contribution in [0.5, 0.6) is 11.6 Å². The van der Waals surface area contributed by atoms with Crippen LogP contribution in [0.2, 0.25) is 0 Å². The molecule has 1 aromatic heterocycles.